The van der Waals surface area contributed by atoms with Gasteiger partial charge in [0.25, 0.3) is 0 Å². The van der Waals surface area contributed by atoms with E-state index in [9.17, 15) is 18.0 Å². The monoisotopic (exact) mass is 308 g/mol. The minimum Gasteiger partial charge on any atom is -0.454 e. The molecule has 5 heteroatoms. The van der Waals surface area contributed by atoms with Gasteiger partial charge in [-0.15, -0.1) is 0 Å². The van der Waals surface area contributed by atoms with Crippen molar-refractivity contribution < 1.29 is 22.7 Å². The first-order chi connectivity index (χ1) is 10.3. The Hall–Kier alpha value is -2.30. The Morgan fingerprint density at radius 1 is 1.05 bits per heavy atom. The summed E-state index contributed by atoms with van der Waals surface area (Å²) >= 11 is 0. The molecule has 0 amide bonds. The summed E-state index contributed by atoms with van der Waals surface area (Å²) in [4.78, 5) is 12.1. The van der Waals surface area contributed by atoms with Crippen molar-refractivity contribution in [1.29, 1.82) is 0 Å². The third kappa shape index (κ3) is 3.47. The standard InChI is InChI=1S/C17H15F3O2/c1-11-7-6-10-14(15(11)17(18,19)20)16(21)22-12(2)13-8-4-3-5-9-13/h3-10,12H,1-2H3. The van der Waals surface area contributed by atoms with Crippen LogP contribution in [0.25, 0.3) is 0 Å². The van der Waals surface area contributed by atoms with Crippen molar-refractivity contribution in [2.24, 2.45) is 0 Å². The Bertz CT molecular complexity index is 663. The fourth-order valence-electron chi connectivity index (χ4n) is 2.23. The first-order valence-corrected chi connectivity index (χ1v) is 6.73. The van der Waals surface area contributed by atoms with Gasteiger partial charge in [0.15, 0.2) is 0 Å². The number of carbonyl (C=O) groups excluding carboxylic acids is 1. The average Bonchev–Trinajstić information content (AvgIpc) is 2.46. The SMILES string of the molecule is Cc1cccc(C(=O)OC(C)c2ccccc2)c1C(F)(F)F. The summed E-state index contributed by atoms with van der Waals surface area (Å²) < 4.78 is 44.5. The van der Waals surface area contributed by atoms with Crippen LogP contribution in [0.3, 0.4) is 0 Å². The van der Waals surface area contributed by atoms with Gasteiger partial charge in [0.2, 0.25) is 0 Å². The van der Waals surface area contributed by atoms with E-state index in [4.69, 9.17) is 4.74 Å². The fraction of sp³-hybridized carbons (Fsp3) is 0.235. The summed E-state index contributed by atoms with van der Waals surface area (Å²) in [5.41, 5.74) is -0.693. The number of carbonyl (C=O) groups is 1. The highest BCUT2D eigenvalue weighted by molar-refractivity contribution is 5.92. The van der Waals surface area contributed by atoms with Crippen molar-refractivity contribution in [3.63, 3.8) is 0 Å². The number of halogens is 3. The van der Waals surface area contributed by atoms with Crippen LogP contribution in [0.4, 0.5) is 13.2 Å². The predicted molar refractivity (Wildman–Crippen MR) is 76.5 cm³/mol. The molecule has 0 saturated heterocycles. The van der Waals surface area contributed by atoms with Crippen LogP contribution in [0.15, 0.2) is 48.5 Å². The number of rotatable bonds is 3. The third-order valence-electron chi connectivity index (χ3n) is 3.33. The molecule has 2 aromatic carbocycles. The van der Waals surface area contributed by atoms with Gasteiger partial charge < -0.3 is 4.74 Å². The Morgan fingerprint density at radius 3 is 2.27 bits per heavy atom. The van der Waals surface area contributed by atoms with E-state index in [1.54, 1.807) is 37.3 Å². The number of hydrogen-bond donors (Lipinski definition) is 0. The molecule has 2 aromatic rings. The second-order valence-electron chi connectivity index (χ2n) is 4.95. The fourth-order valence-corrected chi connectivity index (χ4v) is 2.23. The van der Waals surface area contributed by atoms with Gasteiger partial charge in [0.1, 0.15) is 6.10 Å². The summed E-state index contributed by atoms with van der Waals surface area (Å²) in [5.74, 6) is -0.979. The molecule has 1 unspecified atom stereocenters. The lowest BCUT2D eigenvalue weighted by molar-refractivity contribution is -0.138. The van der Waals surface area contributed by atoms with E-state index in [2.05, 4.69) is 0 Å². The normalized spacial score (nSPS) is 12.8. The van der Waals surface area contributed by atoms with Crippen LogP contribution in [0.1, 0.15) is 40.1 Å². The van der Waals surface area contributed by atoms with Crippen molar-refractivity contribution in [3.05, 3.63) is 70.8 Å². The molecule has 1 atom stereocenters. The molecule has 0 aliphatic rings. The Labute approximate surface area is 126 Å². The second kappa shape index (κ2) is 6.22. The van der Waals surface area contributed by atoms with Crippen molar-refractivity contribution in [2.75, 3.05) is 0 Å². The molecule has 2 nitrogen and oxygen atoms in total. The smallest absolute Gasteiger partial charge is 0.417 e. The molecule has 0 aromatic heterocycles. The highest BCUT2D eigenvalue weighted by atomic mass is 19.4. The summed E-state index contributed by atoms with van der Waals surface area (Å²) in [6, 6.07) is 12.7. The quantitative estimate of drug-likeness (QED) is 0.751. The van der Waals surface area contributed by atoms with Gasteiger partial charge >= 0.3 is 12.1 Å². The van der Waals surface area contributed by atoms with E-state index in [0.29, 0.717) is 0 Å². The van der Waals surface area contributed by atoms with E-state index in [1.807, 2.05) is 0 Å². The molecule has 0 heterocycles. The molecule has 0 saturated carbocycles. The number of hydrogen-bond acceptors (Lipinski definition) is 2. The van der Waals surface area contributed by atoms with Crippen LogP contribution in [-0.2, 0) is 10.9 Å². The highest BCUT2D eigenvalue weighted by Gasteiger charge is 2.37. The molecule has 0 aliphatic carbocycles. The predicted octanol–water partition coefficient (Wildman–Crippen LogP) is 4.93. The van der Waals surface area contributed by atoms with Gasteiger partial charge in [-0.25, -0.2) is 4.79 Å². The molecular formula is C17H15F3O2. The van der Waals surface area contributed by atoms with E-state index in [0.717, 1.165) is 11.6 Å². The van der Waals surface area contributed by atoms with Gasteiger partial charge in [0.05, 0.1) is 11.1 Å². The third-order valence-corrected chi connectivity index (χ3v) is 3.33. The number of alkyl halides is 3. The van der Waals surface area contributed by atoms with Gasteiger partial charge in [-0.2, -0.15) is 13.2 Å². The maximum atomic E-state index is 13.1. The van der Waals surface area contributed by atoms with Crippen LogP contribution < -0.4 is 0 Å². The summed E-state index contributed by atoms with van der Waals surface area (Å²) in [7, 11) is 0. The molecule has 22 heavy (non-hydrogen) atoms. The summed E-state index contributed by atoms with van der Waals surface area (Å²) in [6.07, 6.45) is -5.23. The van der Waals surface area contributed by atoms with Crippen LogP contribution in [0, 0.1) is 6.92 Å². The maximum Gasteiger partial charge on any atom is 0.417 e. The van der Waals surface area contributed by atoms with Crippen LogP contribution >= 0.6 is 0 Å². The Balaban J connectivity index is 2.29. The van der Waals surface area contributed by atoms with Gasteiger partial charge in [0, 0.05) is 0 Å². The molecule has 0 radical (unpaired) electrons. The Kier molecular flexibility index (Phi) is 4.54. The Morgan fingerprint density at radius 2 is 1.68 bits per heavy atom. The lowest BCUT2D eigenvalue weighted by Crippen LogP contribution is -2.18. The van der Waals surface area contributed by atoms with Gasteiger partial charge in [-0.1, -0.05) is 42.5 Å². The number of benzene rings is 2. The number of esters is 1. The van der Waals surface area contributed by atoms with Gasteiger partial charge in [-0.05, 0) is 31.0 Å². The van der Waals surface area contributed by atoms with Gasteiger partial charge in [-0.3, -0.25) is 0 Å². The highest BCUT2D eigenvalue weighted by Crippen LogP contribution is 2.35. The zero-order valence-corrected chi connectivity index (χ0v) is 12.1. The molecule has 0 N–H and O–H groups in total. The molecular weight excluding hydrogens is 293 g/mol. The largest absolute Gasteiger partial charge is 0.454 e. The summed E-state index contributed by atoms with van der Waals surface area (Å²) in [6.45, 7) is 2.94. The lowest BCUT2D eigenvalue weighted by atomic mass is 10.0. The van der Waals surface area contributed by atoms with E-state index < -0.39 is 29.4 Å². The molecule has 0 spiro atoms. The number of ether oxygens (including phenoxy) is 1. The van der Waals surface area contributed by atoms with Crippen LogP contribution in [0.5, 0.6) is 0 Å². The van der Waals surface area contributed by atoms with Crippen LogP contribution in [0.2, 0.25) is 0 Å². The zero-order chi connectivity index (χ0) is 16.3. The topological polar surface area (TPSA) is 26.3 Å². The first kappa shape index (κ1) is 16.1. The minimum atomic E-state index is -4.60. The number of aryl methyl sites for hydroxylation is 1. The lowest BCUT2D eigenvalue weighted by Gasteiger charge is -2.17. The van der Waals surface area contributed by atoms with Crippen LogP contribution in [-0.4, -0.2) is 5.97 Å². The molecule has 2 rings (SSSR count). The molecule has 0 fully saturated rings. The van der Waals surface area contributed by atoms with E-state index in [-0.39, 0.29) is 5.56 Å². The van der Waals surface area contributed by atoms with E-state index >= 15 is 0 Å². The minimum absolute atomic E-state index is 0.00526. The molecule has 0 aliphatic heterocycles. The molecule has 116 valence electrons. The maximum absolute atomic E-state index is 13.1. The van der Waals surface area contributed by atoms with Crippen molar-refractivity contribution in [3.8, 4) is 0 Å². The van der Waals surface area contributed by atoms with Crippen molar-refractivity contribution in [1.82, 2.24) is 0 Å². The molecule has 0 bridgehead atoms. The zero-order valence-electron chi connectivity index (χ0n) is 12.1. The van der Waals surface area contributed by atoms with Crippen molar-refractivity contribution in [2.45, 2.75) is 26.1 Å². The summed E-state index contributed by atoms with van der Waals surface area (Å²) in [5, 5.41) is 0. The van der Waals surface area contributed by atoms with E-state index in [1.165, 1.54) is 19.1 Å². The average molecular weight is 308 g/mol. The second-order valence-corrected chi connectivity index (χ2v) is 4.95. The first-order valence-electron chi connectivity index (χ1n) is 6.73. The van der Waals surface area contributed by atoms with Crippen molar-refractivity contribution >= 4 is 5.97 Å².